The summed E-state index contributed by atoms with van der Waals surface area (Å²) in [4.78, 5) is 11.2. The molecule has 0 aromatic carbocycles. The van der Waals surface area contributed by atoms with Gasteiger partial charge in [0.25, 0.3) is 0 Å². The molecule has 84 valence electrons. The van der Waals surface area contributed by atoms with Gasteiger partial charge >= 0.3 is 5.97 Å². The molecule has 0 amide bonds. The Hall–Kier alpha value is -0.830. The zero-order valence-electron chi connectivity index (χ0n) is 9.27. The van der Waals surface area contributed by atoms with Crippen LogP contribution in [0.3, 0.4) is 0 Å². The molecule has 1 fully saturated rings. The first-order valence-electron chi connectivity index (χ1n) is 5.64. The molecule has 2 aliphatic rings. The van der Waals surface area contributed by atoms with Crippen LogP contribution < -0.4 is 0 Å². The lowest BCUT2D eigenvalue weighted by atomic mass is 9.74. The maximum absolute atomic E-state index is 11.2. The van der Waals surface area contributed by atoms with Crippen molar-refractivity contribution in [2.75, 3.05) is 6.61 Å². The highest BCUT2D eigenvalue weighted by molar-refractivity contribution is 5.73. The summed E-state index contributed by atoms with van der Waals surface area (Å²) in [5.41, 5.74) is -0.244. The highest BCUT2D eigenvalue weighted by Crippen LogP contribution is 2.55. The van der Waals surface area contributed by atoms with Gasteiger partial charge in [-0.3, -0.25) is 4.79 Å². The van der Waals surface area contributed by atoms with E-state index in [1.807, 2.05) is 13.8 Å². The first-order valence-corrected chi connectivity index (χ1v) is 5.64. The van der Waals surface area contributed by atoms with E-state index in [9.17, 15) is 9.90 Å². The van der Waals surface area contributed by atoms with Crippen molar-refractivity contribution in [1.29, 1.82) is 0 Å². The summed E-state index contributed by atoms with van der Waals surface area (Å²) in [7, 11) is 0. The van der Waals surface area contributed by atoms with E-state index in [2.05, 4.69) is 12.2 Å². The molecule has 4 unspecified atom stereocenters. The molecule has 4 atom stereocenters. The summed E-state index contributed by atoms with van der Waals surface area (Å²) >= 11 is 0. The largest absolute Gasteiger partial charge is 0.481 e. The van der Waals surface area contributed by atoms with Crippen molar-refractivity contribution in [2.45, 2.75) is 32.8 Å². The Morgan fingerprint density at radius 3 is 3.00 bits per heavy atom. The standard InChI is InChI=1S/C12H18O3/c1-3-15-8(2)12-5-4-9(7-12)6-10(12)11(13)14/h4-5,8-10H,3,6-7H2,1-2H3,(H,13,14). The van der Waals surface area contributed by atoms with Gasteiger partial charge in [0, 0.05) is 12.0 Å². The average Bonchev–Trinajstić information content (AvgIpc) is 2.75. The summed E-state index contributed by atoms with van der Waals surface area (Å²) in [6, 6.07) is 0. The van der Waals surface area contributed by atoms with Crippen LogP contribution in [0.4, 0.5) is 0 Å². The maximum Gasteiger partial charge on any atom is 0.307 e. The van der Waals surface area contributed by atoms with Crippen LogP contribution in [0, 0.1) is 17.3 Å². The van der Waals surface area contributed by atoms with Gasteiger partial charge in [-0.1, -0.05) is 12.2 Å². The van der Waals surface area contributed by atoms with Crippen LogP contribution in [0.1, 0.15) is 26.7 Å². The number of hydrogen-bond donors (Lipinski definition) is 1. The van der Waals surface area contributed by atoms with Gasteiger partial charge < -0.3 is 9.84 Å². The molecular weight excluding hydrogens is 192 g/mol. The molecule has 0 aromatic heterocycles. The number of carbonyl (C=O) groups is 1. The Balaban J connectivity index is 2.23. The molecule has 0 aliphatic heterocycles. The summed E-state index contributed by atoms with van der Waals surface area (Å²) in [5.74, 6) is -0.476. The minimum atomic E-state index is -0.673. The number of hydrogen-bond acceptors (Lipinski definition) is 2. The SMILES string of the molecule is CCOC(C)C12C=CC(CC1C(=O)O)C2. The van der Waals surface area contributed by atoms with E-state index in [0.29, 0.717) is 12.5 Å². The molecule has 0 radical (unpaired) electrons. The summed E-state index contributed by atoms with van der Waals surface area (Å²) in [5, 5.41) is 9.23. The van der Waals surface area contributed by atoms with Gasteiger partial charge in [0.15, 0.2) is 0 Å². The van der Waals surface area contributed by atoms with Crippen molar-refractivity contribution < 1.29 is 14.6 Å². The van der Waals surface area contributed by atoms with Crippen molar-refractivity contribution in [3.8, 4) is 0 Å². The third-order valence-corrected chi connectivity index (χ3v) is 3.95. The smallest absolute Gasteiger partial charge is 0.307 e. The second kappa shape index (κ2) is 3.63. The number of rotatable bonds is 4. The van der Waals surface area contributed by atoms with Gasteiger partial charge in [-0.25, -0.2) is 0 Å². The van der Waals surface area contributed by atoms with Crippen LogP contribution in [0.15, 0.2) is 12.2 Å². The highest BCUT2D eigenvalue weighted by Gasteiger charge is 2.55. The lowest BCUT2D eigenvalue weighted by Gasteiger charge is -2.35. The van der Waals surface area contributed by atoms with E-state index >= 15 is 0 Å². The predicted molar refractivity (Wildman–Crippen MR) is 56.5 cm³/mol. The summed E-state index contributed by atoms with van der Waals surface area (Å²) in [6.07, 6.45) is 5.98. The minimum absolute atomic E-state index is 0.00681. The molecule has 0 spiro atoms. The van der Waals surface area contributed by atoms with Crippen molar-refractivity contribution in [3.63, 3.8) is 0 Å². The van der Waals surface area contributed by atoms with Gasteiger partial charge in [-0.2, -0.15) is 0 Å². The van der Waals surface area contributed by atoms with E-state index < -0.39 is 5.97 Å². The van der Waals surface area contributed by atoms with Gasteiger partial charge in [0.1, 0.15) is 0 Å². The Bertz CT molecular complexity index is 297. The molecule has 2 bridgehead atoms. The Labute approximate surface area is 90.1 Å². The number of carboxylic acid groups (broad SMARTS) is 1. The molecular formula is C12H18O3. The van der Waals surface area contributed by atoms with Crippen LogP contribution >= 0.6 is 0 Å². The van der Waals surface area contributed by atoms with Crippen molar-refractivity contribution in [2.24, 2.45) is 17.3 Å². The fourth-order valence-corrected chi connectivity index (χ4v) is 3.17. The highest BCUT2D eigenvalue weighted by atomic mass is 16.5. The molecule has 2 rings (SSSR count). The zero-order valence-corrected chi connectivity index (χ0v) is 9.27. The van der Waals surface area contributed by atoms with E-state index in [1.165, 1.54) is 0 Å². The molecule has 3 heteroatoms. The fraction of sp³-hybridized carbons (Fsp3) is 0.750. The molecule has 2 aliphatic carbocycles. The lowest BCUT2D eigenvalue weighted by molar-refractivity contribution is -0.148. The minimum Gasteiger partial charge on any atom is -0.481 e. The second-order valence-electron chi connectivity index (χ2n) is 4.66. The van der Waals surface area contributed by atoms with E-state index in [4.69, 9.17) is 4.74 Å². The average molecular weight is 210 g/mol. The van der Waals surface area contributed by atoms with Crippen LogP contribution in [-0.4, -0.2) is 23.8 Å². The number of fused-ring (bicyclic) bond motifs is 2. The van der Waals surface area contributed by atoms with Gasteiger partial charge in [-0.15, -0.1) is 0 Å². The molecule has 15 heavy (non-hydrogen) atoms. The lowest BCUT2D eigenvalue weighted by Crippen LogP contribution is -2.40. The normalized spacial score (nSPS) is 39.6. The van der Waals surface area contributed by atoms with Crippen LogP contribution in [-0.2, 0) is 9.53 Å². The van der Waals surface area contributed by atoms with Gasteiger partial charge in [0.05, 0.1) is 12.0 Å². The molecule has 3 nitrogen and oxygen atoms in total. The van der Waals surface area contributed by atoms with E-state index in [-0.39, 0.29) is 17.4 Å². The zero-order chi connectivity index (χ0) is 11.1. The van der Waals surface area contributed by atoms with Crippen molar-refractivity contribution >= 4 is 5.97 Å². The van der Waals surface area contributed by atoms with Crippen LogP contribution in [0.2, 0.25) is 0 Å². The van der Waals surface area contributed by atoms with Crippen molar-refractivity contribution in [3.05, 3.63) is 12.2 Å². The number of allylic oxidation sites excluding steroid dienone is 1. The van der Waals surface area contributed by atoms with E-state index in [0.717, 1.165) is 12.8 Å². The Kier molecular flexibility index (Phi) is 2.59. The number of ether oxygens (including phenoxy) is 1. The Morgan fingerprint density at radius 1 is 1.73 bits per heavy atom. The molecule has 1 saturated carbocycles. The topological polar surface area (TPSA) is 46.5 Å². The van der Waals surface area contributed by atoms with Crippen LogP contribution in [0.5, 0.6) is 0 Å². The van der Waals surface area contributed by atoms with Crippen LogP contribution in [0.25, 0.3) is 0 Å². The number of carboxylic acids is 1. The molecule has 1 N–H and O–H groups in total. The quantitative estimate of drug-likeness (QED) is 0.723. The second-order valence-corrected chi connectivity index (χ2v) is 4.66. The molecule has 0 heterocycles. The predicted octanol–water partition coefficient (Wildman–Crippen LogP) is 2.08. The third-order valence-electron chi connectivity index (χ3n) is 3.95. The summed E-state index contributed by atoms with van der Waals surface area (Å²) < 4.78 is 5.61. The number of aliphatic carboxylic acids is 1. The fourth-order valence-electron chi connectivity index (χ4n) is 3.17. The summed E-state index contributed by atoms with van der Waals surface area (Å²) in [6.45, 7) is 4.60. The van der Waals surface area contributed by atoms with Gasteiger partial charge in [0.2, 0.25) is 0 Å². The monoisotopic (exact) mass is 210 g/mol. The molecule has 0 aromatic rings. The first kappa shape index (κ1) is 10.7. The third kappa shape index (κ3) is 1.49. The van der Waals surface area contributed by atoms with Crippen molar-refractivity contribution in [1.82, 2.24) is 0 Å². The molecule has 0 saturated heterocycles. The van der Waals surface area contributed by atoms with Gasteiger partial charge in [-0.05, 0) is 32.6 Å². The first-order chi connectivity index (χ1) is 7.10. The maximum atomic E-state index is 11.2. The Morgan fingerprint density at radius 2 is 2.47 bits per heavy atom. The van der Waals surface area contributed by atoms with E-state index in [1.54, 1.807) is 0 Å².